The van der Waals surface area contributed by atoms with E-state index < -0.39 is 0 Å². The molecule has 1 aromatic carbocycles. The number of hydrogen-bond acceptors (Lipinski definition) is 3. The standard InChI is InChI=1S/C15H18ClNO2/c1-15(2,10-17)14(13-7-4-8-18-13)19-12-6-3-5-11(16)9-12/h3-9,14H,10,17H2,1-2H3. The lowest BCUT2D eigenvalue weighted by atomic mass is 9.85. The molecule has 2 N–H and O–H groups in total. The second-order valence-corrected chi connectivity index (χ2v) is 5.60. The minimum atomic E-state index is -0.258. The molecule has 0 aliphatic rings. The lowest BCUT2D eigenvalue weighted by molar-refractivity contribution is 0.0598. The van der Waals surface area contributed by atoms with Crippen molar-refractivity contribution in [1.82, 2.24) is 0 Å². The number of halogens is 1. The molecule has 0 aliphatic carbocycles. The highest BCUT2D eigenvalue weighted by Gasteiger charge is 2.33. The van der Waals surface area contributed by atoms with Crippen molar-refractivity contribution < 1.29 is 9.15 Å². The Kier molecular flexibility index (Phi) is 4.17. The largest absolute Gasteiger partial charge is 0.482 e. The lowest BCUT2D eigenvalue weighted by Gasteiger charge is -2.32. The molecule has 102 valence electrons. The van der Waals surface area contributed by atoms with Crippen LogP contribution in [0.1, 0.15) is 25.7 Å². The zero-order valence-corrected chi connectivity index (χ0v) is 11.9. The third-order valence-corrected chi connectivity index (χ3v) is 3.32. The summed E-state index contributed by atoms with van der Waals surface area (Å²) in [5.74, 6) is 1.46. The van der Waals surface area contributed by atoms with Gasteiger partial charge in [-0.05, 0) is 30.3 Å². The molecule has 2 rings (SSSR count). The van der Waals surface area contributed by atoms with Gasteiger partial charge in [-0.15, -0.1) is 0 Å². The molecule has 0 fully saturated rings. The number of rotatable bonds is 5. The summed E-state index contributed by atoms with van der Waals surface area (Å²) < 4.78 is 11.5. The molecule has 0 aliphatic heterocycles. The van der Waals surface area contributed by atoms with Crippen LogP contribution in [0.15, 0.2) is 47.1 Å². The number of furan rings is 1. The molecule has 2 aromatic rings. The van der Waals surface area contributed by atoms with Crippen molar-refractivity contribution in [2.45, 2.75) is 20.0 Å². The van der Waals surface area contributed by atoms with Gasteiger partial charge in [0.1, 0.15) is 11.5 Å². The van der Waals surface area contributed by atoms with Crippen LogP contribution in [0.25, 0.3) is 0 Å². The van der Waals surface area contributed by atoms with Crippen LogP contribution in [-0.2, 0) is 0 Å². The molecular weight excluding hydrogens is 262 g/mol. The predicted octanol–water partition coefficient (Wildman–Crippen LogP) is 4.04. The molecule has 3 nitrogen and oxygen atoms in total. The van der Waals surface area contributed by atoms with E-state index in [1.165, 1.54) is 0 Å². The summed E-state index contributed by atoms with van der Waals surface area (Å²) in [6.07, 6.45) is 1.38. The van der Waals surface area contributed by atoms with E-state index in [1.807, 2.05) is 44.2 Å². The number of nitrogens with two attached hydrogens (primary N) is 1. The third kappa shape index (κ3) is 3.31. The molecule has 1 atom stereocenters. The van der Waals surface area contributed by atoms with Gasteiger partial charge in [0.25, 0.3) is 0 Å². The van der Waals surface area contributed by atoms with Crippen LogP contribution in [0.4, 0.5) is 0 Å². The Morgan fingerprint density at radius 3 is 2.68 bits per heavy atom. The van der Waals surface area contributed by atoms with Crippen molar-refractivity contribution in [2.24, 2.45) is 11.1 Å². The zero-order valence-electron chi connectivity index (χ0n) is 11.1. The average molecular weight is 280 g/mol. The third-order valence-electron chi connectivity index (χ3n) is 3.09. The fraction of sp³-hybridized carbons (Fsp3) is 0.333. The molecule has 0 saturated carbocycles. The first kappa shape index (κ1) is 14.0. The minimum absolute atomic E-state index is 0.250. The van der Waals surface area contributed by atoms with Crippen LogP contribution >= 0.6 is 11.6 Å². The van der Waals surface area contributed by atoms with Crippen molar-refractivity contribution in [3.63, 3.8) is 0 Å². The Bertz CT molecular complexity index is 523. The summed E-state index contributed by atoms with van der Waals surface area (Å²) in [6.45, 7) is 4.58. The molecule has 4 heteroatoms. The maximum atomic E-state index is 6.04. The van der Waals surface area contributed by atoms with Gasteiger partial charge in [0.2, 0.25) is 0 Å². The fourth-order valence-corrected chi connectivity index (χ4v) is 2.01. The summed E-state index contributed by atoms with van der Waals surface area (Å²) in [5.41, 5.74) is 5.60. The molecule has 1 heterocycles. The molecule has 1 aromatic heterocycles. The van der Waals surface area contributed by atoms with E-state index in [1.54, 1.807) is 12.3 Å². The first-order valence-electron chi connectivity index (χ1n) is 6.18. The lowest BCUT2D eigenvalue weighted by Crippen LogP contribution is -2.33. The van der Waals surface area contributed by atoms with Gasteiger partial charge in [0.05, 0.1) is 6.26 Å². The highest BCUT2D eigenvalue weighted by atomic mass is 35.5. The van der Waals surface area contributed by atoms with E-state index >= 15 is 0 Å². The van der Waals surface area contributed by atoms with Crippen molar-refractivity contribution in [3.05, 3.63) is 53.4 Å². The van der Waals surface area contributed by atoms with Gasteiger partial charge in [0.15, 0.2) is 6.10 Å². The molecule has 0 bridgehead atoms. The van der Waals surface area contributed by atoms with Crippen molar-refractivity contribution in [2.75, 3.05) is 6.54 Å². The Hall–Kier alpha value is -1.45. The van der Waals surface area contributed by atoms with E-state index in [-0.39, 0.29) is 11.5 Å². The first-order chi connectivity index (χ1) is 9.03. The Morgan fingerprint density at radius 2 is 2.11 bits per heavy atom. The smallest absolute Gasteiger partial charge is 0.162 e. The van der Waals surface area contributed by atoms with Crippen molar-refractivity contribution >= 4 is 11.6 Å². The molecule has 0 saturated heterocycles. The monoisotopic (exact) mass is 279 g/mol. The highest BCUT2D eigenvalue weighted by Crippen LogP contribution is 2.37. The number of ether oxygens (including phenoxy) is 1. The summed E-state index contributed by atoms with van der Waals surface area (Å²) in [6, 6.07) is 11.1. The van der Waals surface area contributed by atoms with E-state index in [0.717, 1.165) is 5.76 Å². The normalized spacial score (nSPS) is 13.3. The Morgan fingerprint density at radius 1 is 1.32 bits per heavy atom. The maximum absolute atomic E-state index is 6.04. The zero-order chi connectivity index (χ0) is 13.9. The summed E-state index contributed by atoms with van der Waals surface area (Å²) in [5, 5.41) is 0.640. The topological polar surface area (TPSA) is 48.4 Å². The van der Waals surface area contributed by atoms with Crippen LogP contribution in [0.3, 0.4) is 0 Å². The van der Waals surface area contributed by atoms with Gasteiger partial charge in [-0.2, -0.15) is 0 Å². The Balaban J connectivity index is 2.29. The van der Waals surface area contributed by atoms with Crippen LogP contribution in [0.2, 0.25) is 5.02 Å². The van der Waals surface area contributed by atoms with E-state index in [0.29, 0.717) is 17.3 Å². The predicted molar refractivity (Wildman–Crippen MR) is 76.4 cm³/mol. The van der Waals surface area contributed by atoms with E-state index in [9.17, 15) is 0 Å². The van der Waals surface area contributed by atoms with Gasteiger partial charge < -0.3 is 14.9 Å². The van der Waals surface area contributed by atoms with Gasteiger partial charge in [-0.1, -0.05) is 31.5 Å². The van der Waals surface area contributed by atoms with Gasteiger partial charge in [0, 0.05) is 17.0 Å². The fourth-order valence-electron chi connectivity index (χ4n) is 1.83. The van der Waals surface area contributed by atoms with Crippen LogP contribution in [0, 0.1) is 5.41 Å². The molecular formula is C15H18ClNO2. The van der Waals surface area contributed by atoms with Crippen LogP contribution in [-0.4, -0.2) is 6.54 Å². The number of benzene rings is 1. The second kappa shape index (κ2) is 5.68. The average Bonchev–Trinajstić information content (AvgIpc) is 2.89. The summed E-state index contributed by atoms with van der Waals surface area (Å²) in [7, 11) is 0. The van der Waals surface area contributed by atoms with Crippen molar-refractivity contribution in [1.29, 1.82) is 0 Å². The highest BCUT2D eigenvalue weighted by molar-refractivity contribution is 6.30. The SMILES string of the molecule is CC(C)(CN)C(Oc1cccc(Cl)c1)c1ccco1. The molecule has 19 heavy (non-hydrogen) atoms. The van der Waals surface area contributed by atoms with E-state index in [4.69, 9.17) is 26.5 Å². The molecule has 0 spiro atoms. The first-order valence-corrected chi connectivity index (χ1v) is 6.56. The van der Waals surface area contributed by atoms with Gasteiger partial charge in [-0.25, -0.2) is 0 Å². The van der Waals surface area contributed by atoms with Crippen molar-refractivity contribution in [3.8, 4) is 5.75 Å². The molecule has 0 amide bonds. The Labute approximate surface area is 118 Å². The maximum Gasteiger partial charge on any atom is 0.162 e. The van der Waals surface area contributed by atoms with E-state index in [2.05, 4.69) is 0 Å². The van der Waals surface area contributed by atoms with Crippen LogP contribution in [0.5, 0.6) is 5.75 Å². The molecule has 1 unspecified atom stereocenters. The summed E-state index contributed by atoms with van der Waals surface area (Å²) >= 11 is 5.97. The van der Waals surface area contributed by atoms with Crippen LogP contribution < -0.4 is 10.5 Å². The van der Waals surface area contributed by atoms with Gasteiger partial charge >= 0.3 is 0 Å². The number of hydrogen-bond donors (Lipinski definition) is 1. The second-order valence-electron chi connectivity index (χ2n) is 5.16. The summed E-state index contributed by atoms with van der Waals surface area (Å²) in [4.78, 5) is 0. The minimum Gasteiger partial charge on any atom is -0.482 e. The van der Waals surface area contributed by atoms with Gasteiger partial charge in [-0.3, -0.25) is 0 Å². The molecule has 0 radical (unpaired) electrons. The quantitative estimate of drug-likeness (QED) is 0.899.